The van der Waals surface area contributed by atoms with E-state index in [1.165, 1.54) is 25.3 Å². The highest BCUT2D eigenvalue weighted by Gasteiger charge is 2.21. The molecule has 2 rings (SSSR count). The summed E-state index contributed by atoms with van der Waals surface area (Å²) in [6.07, 6.45) is -0.687. The molecule has 0 saturated heterocycles. The average molecular weight is 597 g/mol. The molecular formula is C23H24IN3O8. The molecule has 1 amide bonds. The van der Waals surface area contributed by atoms with Crippen molar-refractivity contribution in [1.82, 2.24) is 5.32 Å². The van der Waals surface area contributed by atoms with Crippen LogP contribution in [0.4, 0.5) is 0 Å². The van der Waals surface area contributed by atoms with Crippen molar-refractivity contribution in [3.8, 4) is 11.5 Å². The molecule has 1 unspecified atom stereocenters. The van der Waals surface area contributed by atoms with E-state index < -0.39 is 36.1 Å². The summed E-state index contributed by atoms with van der Waals surface area (Å²) < 4.78 is 11.8. The Morgan fingerprint density at radius 2 is 1.83 bits per heavy atom. The van der Waals surface area contributed by atoms with E-state index in [-0.39, 0.29) is 47.7 Å². The summed E-state index contributed by atoms with van der Waals surface area (Å²) in [6.45, 7) is -0.194. The lowest BCUT2D eigenvalue weighted by Crippen LogP contribution is -2.39. The Morgan fingerprint density at radius 1 is 1.11 bits per heavy atom. The second kappa shape index (κ2) is 12.7. The number of amidine groups is 1. The summed E-state index contributed by atoms with van der Waals surface area (Å²) >= 11 is 2.05. The number of methoxy groups -OCH3 is 1. The molecule has 0 aliphatic carbocycles. The van der Waals surface area contributed by atoms with Crippen LogP contribution in [0.15, 0.2) is 36.4 Å². The van der Waals surface area contributed by atoms with Gasteiger partial charge >= 0.3 is 11.9 Å². The molecule has 0 saturated carbocycles. The highest BCUT2D eigenvalue weighted by molar-refractivity contribution is 14.1. The zero-order chi connectivity index (χ0) is 26.1. The van der Waals surface area contributed by atoms with Crippen LogP contribution < -0.4 is 20.5 Å². The molecule has 0 spiro atoms. The van der Waals surface area contributed by atoms with Crippen molar-refractivity contribution in [2.45, 2.75) is 25.3 Å². The Balaban J connectivity index is 2.28. The molecule has 0 aliphatic rings. The van der Waals surface area contributed by atoms with Gasteiger partial charge in [0.2, 0.25) is 5.78 Å². The number of carboxylic acids is 2. The summed E-state index contributed by atoms with van der Waals surface area (Å²) in [7, 11) is 1.42. The Morgan fingerprint density at radius 3 is 2.43 bits per heavy atom. The number of nitrogens with two attached hydrogens (primary N) is 1. The number of halogens is 1. The summed E-state index contributed by atoms with van der Waals surface area (Å²) in [5, 5.41) is 28.4. The first kappa shape index (κ1) is 27.6. The Kier molecular flexibility index (Phi) is 9.99. The van der Waals surface area contributed by atoms with Gasteiger partial charge in [0.15, 0.2) is 0 Å². The third-order valence-corrected chi connectivity index (χ3v) is 5.53. The van der Waals surface area contributed by atoms with Crippen molar-refractivity contribution >= 4 is 52.1 Å². The van der Waals surface area contributed by atoms with Gasteiger partial charge in [-0.25, -0.2) is 4.79 Å². The molecule has 0 bridgehead atoms. The van der Waals surface area contributed by atoms with Gasteiger partial charge < -0.3 is 30.7 Å². The molecular weight excluding hydrogens is 573 g/mol. The summed E-state index contributed by atoms with van der Waals surface area (Å²) in [4.78, 5) is 46.8. The van der Waals surface area contributed by atoms with Crippen LogP contribution in [0.2, 0.25) is 0 Å². The van der Waals surface area contributed by atoms with Crippen LogP contribution in [0.1, 0.15) is 34.3 Å². The van der Waals surface area contributed by atoms with E-state index in [0.29, 0.717) is 5.75 Å². The standard InChI is InChI=1S/C23H24IN3O8/c1-34-18-6-4-14(24)10-16(18)22(31)27-15(5-7-20(29)30)11-35-19-9-13(21(25)26)3-2-12(19)8-17(28)23(32)33/h2-4,6,9-10,15H,5,7-8,11H2,1H3,(H3,25,26)(H,27,31)(H,29,30)(H,32,33). The third kappa shape index (κ3) is 8.24. The average Bonchev–Trinajstić information content (AvgIpc) is 2.80. The molecule has 186 valence electrons. The predicted molar refractivity (Wildman–Crippen MR) is 133 cm³/mol. The van der Waals surface area contributed by atoms with Gasteiger partial charge in [-0.05, 0) is 53.3 Å². The fourth-order valence-electron chi connectivity index (χ4n) is 3.06. The van der Waals surface area contributed by atoms with Crippen LogP contribution in [0.25, 0.3) is 0 Å². The van der Waals surface area contributed by atoms with Crippen molar-refractivity contribution in [1.29, 1.82) is 5.41 Å². The topological polar surface area (TPSA) is 189 Å². The van der Waals surface area contributed by atoms with Gasteiger partial charge in [0.05, 0.1) is 18.7 Å². The molecule has 0 radical (unpaired) electrons. The number of benzene rings is 2. The van der Waals surface area contributed by atoms with Crippen LogP contribution in [0.5, 0.6) is 11.5 Å². The second-order valence-electron chi connectivity index (χ2n) is 7.40. The Bertz CT molecular complexity index is 1150. The highest BCUT2D eigenvalue weighted by Crippen LogP contribution is 2.23. The van der Waals surface area contributed by atoms with Crippen LogP contribution >= 0.6 is 22.6 Å². The van der Waals surface area contributed by atoms with Gasteiger partial charge in [-0.3, -0.25) is 19.8 Å². The first-order valence-electron chi connectivity index (χ1n) is 10.2. The van der Waals surface area contributed by atoms with E-state index in [1.54, 1.807) is 18.2 Å². The number of ether oxygens (including phenoxy) is 2. The second-order valence-corrected chi connectivity index (χ2v) is 8.65. The van der Waals surface area contributed by atoms with Gasteiger partial charge in [-0.1, -0.05) is 12.1 Å². The number of carbonyl (C=O) groups excluding carboxylic acids is 2. The van der Waals surface area contributed by atoms with Crippen molar-refractivity contribution in [3.63, 3.8) is 0 Å². The predicted octanol–water partition coefficient (Wildman–Crippen LogP) is 1.82. The SMILES string of the molecule is COc1ccc(I)cc1C(=O)NC(CCC(=O)O)COc1cc(C(=N)N)ccc1CC(=O)C(=O)O. The molecule has 35 heavy (non-hydrogen) atoms. The minimum absolute atomic E-state index is 0.0309. The molecule has 0 aliphatic heterocycles. The molecule has 2 aromatic rings. The van der Waals surface area contributed by atoms with Crippen molar-refractivity contribution in [3.05, 3.63) is 56.7 Å². The van der Waals surface area contributed by atoms with Crippen LogP contribution in [0, 0.1) is 8.98 Å². The maximum atomic E-state index is 12.9. The van der Waals surface area contributed by atoms with Crippen molar-refractivity contribution < 1.29 is 38.9 Å². The zero-order valence-electron chi connectivity index (χ0n) is 18.7. The lowest BCUT2D eigenvalue weighted by molar-refractivity contribution is -0.148. The van der Waals surface area contributed by atoms with Gasteiger partial charge in [0.25, 0.3) is 5.91 Å². The van der Waals surface area contributed by atoms with E-state index in [4.69, 9.17) is 30.8 Å². The maximum Gasteiger partial charge on any atom is 0.372 e. The van der Waals surface area contributed by atoms with Crippen LogP contribution in [0.3, 0.4) is 0 Å². The number of nitrogen functional groups attached to an aromatic ring is 1. The third-order valence-electron chi connectivity index (χ3n) is 4.86. The molecule has 6 N–H and O–H groups in total. The molecule has 12 heteroatoms. The largest absolute Gasteiger partial charge is 0.496 e. The van der Waals surface area contributed by atoms with Gasteiger partial charge in [-0.2, -0.15) is 0 Å². The number of amides is 1. The fraction of sp³-hybridized carbons (Fsp3) is 0.261. The number of carboxylic acid groups (broad SMARTS) is 2. The minimum Gasteiger partial charge on any atom is -0.496 e. The van der Waals surface area contributed by atoms with E-state index in [1.807, 2.05) is 22.6 Å². The van der Waals surface area contributed by atoms with Gasteiger partial charge in [0.1, 0.15) is 23.9 Å². The molecule has 0 aromatic heterocycles. The monoisotopic (exact) mass is 597 g/mol. The summed E-state index contributed by atoms with van der Waals surface area (Å²) in [5.41, 5.74) is 6.30. The lowest BCUT2D eigenvalue weighted by Gasteiger charge is -2.21. The van der Waals surface area contributed by atoms with Crippen molar-refractivity contribution in [2.75, 3.05) is 13.7 Å². The summed E-state index contributed by atoms with van der Waals surface area (Å²) in [5.74, 6) is -4.08. The van der Waals surface area contributed by atoms with Gasteiger partial charge in [0, 0.05) is 27.5 Å². The van der Waals surface area contributed by atoms with Crippen molar-refractivity contribution in [2.24, 2.45) is 5.73 Å². The molecule has 0 fully saturated rings. The highest BCUT2D eigenvalue weighted by atomic mass is 127. The maximum absolute atomic E-state index is 12.9. The normalized spacial score (nSPS) is 11.3. The number of hydrogen-bond acceptors (Lipinski definition) is 7. The van der Waals surface area contributed by atoms with E-state index in [2.05, 4.69) is 5.32 Å². The van der Waals surface area contributed by atoms with E-state index in [0.717, 1.165) is 3.57 Å². The number of rotatable bonds is 13. The Labute approximate surface area is 214 Å². The first-order chi connectivity index (χ1) is 16.5. The number of ketones is 1. The molecule has 11 nitrogen and oxygen atoms in total. The zero-order valence-corrected chi connectivity index (χ0v) is 20.8. The van der Waals surface area contributed by atoms with E-state index in [9.17, 15) is 19.2 Å². The van der Waals surface area contributed by atoms with Crippen LogP contribution in [-0.2, 0) is 20.8 Å². The Hall–Kier alpha value is -3.68. The number of aliphatic carboxylic acids is 2. The van der Waals surface area contributed by atoms with Gasteiger partial charge in [-0.15, -0.1) is 0 Å². The lowest BCUT2D eigenvalue weighted by atomic mass is 10.0. The summed E-state index contributed by atoms with van der Waals surface area (Å²) in [6, 6.07) is 8.52. The van der Waals surface area contributed by atoms with E-state index >= 15 is 0 Å². The number of carbonyl (C=O) groups is 4. The molecule has 0 heterocycles. The smallest absolute Gasteiger partial charge is 0.372 e. The molecule has 1 atom stereocenters. The quantitative estimate of drug-likeness (QED) is 0.0993. The molecule has 2 aromatic carbocycles. The number of nitrogens with one attached hydrogen (secondary N) is 2. The number of Topliss-reactive ketones (excluding diaryl/α,β-unsaturated/α-hetero) is 1. The van der Waals surface area contributed by atoms with Crippen LogP contribution in [-0.4, -0.2) is 59.4 Å². The number of hydrogen-bond donors (Lipinski definition) is 5. The fourth-order valence-corrected chi connectivity index (χ4v) is 3.55. The first-order valence-corrected chi connectivity index (χ1v) is 11.3. The minimum atomic E-state index is -1.61.